The molecule has 0 saturated heterocycles. The Labute approximate surface area is 164 Å². The van der Waals surface area contributed by atoms with E-state index in [1.165, 1.54) is 23.8 Å². The van der Waals surface area contributed by atoms with E-state index in [2.05, 4.69) is 23.2 Å². The number of benzene rings is 2. The number of nitrogens with zero attached hydrogens (tertiary/aromatic N) is 1. The van der Waals surface area contributed by atoms with Crippen LogP contribution in [0.25, 0.3) is 16.5 Å². The Morgan fingerprint density at radius 1 is 1.07 bits per heavy atom. The Morgan fingerprint density at radius 3 is 2.86 bits per heavy atom. The summed E-state index contributed by atoms with van der Waals surface area (Å²) in [6.45, 7) is 0.433. The lowest BCUT2D eigenvalue weighted by Gasteiger charge is -2.22. The molecule has 142 valence electrons. The van der Waals surface area contributed by atoms with Crippen molar-refractivity contribution in [2.75, 3.05) is 7.11 Å². The van der Waals surface area contributed by atoms with Crippen molar-refractivity contribution in [3.63, 3.8) is 0 Å². The fourth-order valence-electron chi connectivity index (χ4n) is 3.69. The molecule has 0 unspecified atom stereocenters. The third-order valence-corrected chi connectivity index (χ3v) is 5.13. The van der Waals surface area contributed by atoms with E-state index < -0.39 is 0 Å². The highest BCUT2D eigenvalue weighted by Gasteiger charge is 2.18. The van der Waals surface area contributed by atoms with Gasteiger partial charge in [-0.2, -0.15) is 0 Å². The number of allylic oxidation sites excluding steroid dienone is 1. The van der Waals surface area contributed by atoms with Gasteiger partial charge < -0.3 is 9.47 Å². The summed E-state index contributed by atoms with van der Waals surface area (Å²) in [5, 5.41) is 1.13. The predicted octanol–water partition coefficient (Wildman–Crippen LogP) is 5.10. The summed E-state index contributed by atoms with van der Waals surface area (Å²) < 4.78 is 10.9. The molecule has 4 nitrogen and oxygen atoms in total. The van der Waals surface area contributed by atoms with Crippen molar-refractivity contribution < 1.29 is 14.3 Å². The van der Waals surface area contributed by atoms with E-state index in [0.29, 0.717) is 13.0 Å². The van der Waals surface area contributed by atoms with Gasteiger partial charge in [0.2, 0.25) is 0 Å². The molecular weight excluding hydrogens is 350 g/mol. The summed E-state index contributed by atoms with van der Waals surface area (Å²) in [7, 11) is 1.42. The summed E-state index contributed by atoms with van der Waals surface area (Å²) in [6, 6.07) is 18.3. The van der Waals surface area contributed by atoms with Crippen molar-refractivity contribution in [2.45, 2.75) is 32.3 Å². The van der Waals surface area contributed by atoms with E-state index in [1.54, 1.807) is 0 Å². The molecule has 1 aliphatic rings. The molecule has 2 aromatic carbocycles. The first-order valence-electron chi connectivity index (χ1n) is 9.60. The van der Waals surface area contributed by atoms with Crippen LogP contribution in [0, 0.1) is 0 Å². The molecule has 0 amide bonds. The van der Waals surface area contributed by atoms with E-state index in [4.69, 9.17) is 9.47 Å². The maximum Gasteiger partial charge on any atom is 0.309 e. The third-order valence-electron chi connectivity index (χ3n) is 5.13. The molecular formula is C24H23NO3. The molecule has 0 N–H and O–H groups in total. The van der Waals surface area contributed by atoms with Crippen LogP contribution in [0.5, 0.6) is 5.75 Å². The molecule has 3 aromatic rings. The summed E-state index contributed by atoms with van der Waals surface area (Å²) in [4.78, 5) is 16.2. The smallest absolute Gasteiger partial charge is 0.309 e. The highest BCUT2D eigenvalue weighted by atomic mass is 16.5. The average Bonchev–Trinajstić information content (AvgIpc) is 2.75. The molecule has 4 rings (SSSR count). The third kappa shape index (κ3) is 3.91. The van der Waals surface area contributed by atoms with Crippen molar-refractivity contribution in [3.8, 4) is 5.75 Å². The van der Waals surface area contributed by atoms with Crippen molar-refractivity contribution in [2.24, 2.45) is 0 Å². The first-order valence-corrected chi connectivity index (χ1v) is 9.60. The minimum absolute atomic E-state index is 0.214. The van der Waals surface area contributed by atoms with Gasteiger partial charge in [-0.1, -0.05) is 42.5 Å². The van der Waals surface area contributed by atoms with Crippen LogP contribution in [0.15, 0.2) is 60.7 Å². The normalized spacial score (nSPS) is 14.7. The highest BCUT2D eigenvalue weighted by molar-refractivity contribution is 5.79. The average molecular weight is 373 g/mol. The minimum atomic E-state index is -0.214. The second kappa shape index (κ2) is 8.26. The van der Waals surface area contributed by atoms with Gasteiger partial charge >= 0.3 is 5.97 Å². The van der Waals surface area contributed by atoms with Crippen LogP contribution < -0.4 is 4.74 Å². The number of hydrogen-bond acceptors (Lipinski definition) is 4. The first kappa shape index (κ1) is 18.2. The van der Waals surface area contributed by atoms with E-state index >= 15 is 0 Å². The maximum absolute atomic E-state index is 11.5. The van der Waals surface area contributed by atoms with Gasteiger partial charge in [0, 0.05) is 10.9 Å². The molecule has 0 saturated carbocycles. The second-order valence-corrected chi connectivity index (χ2v) is 6.93. The van der Waals surface area contributed by atoms with Gasteiger partial charge in [0.1, 0.15) is 12.4 Å². The van der Waals surface area contributed by atoms with E-state index in [0.717, 1.165) is 41.6 Å². The Kier molecular flexibility index (Phi) is 5.38. The van der Waals surface area contributed by atoms with Gasteiger partial charge in [0.15, 0.2) is 0 Å². The Morgan fingerprint density at radius 2 is 1.96 bits per heavy atom. The number of fused-ring (bicyclic) bond motifs is 2. The number of esters is 1. The summed E-state index contributed by atoms with van der Waals surface area (Å²) >= 11 is 0. The first-order chi connectivity index (χ1) is 13.7. The number of para-hydroxylation sites is 1. The standard InChI is InChI=1S/C24H23NO3/c1-27-24(26)15-13-17-7-4-9-21-20(17)8-5-11-23(21)28-16-19-14-12-18-6-2-3-10-22(18)25-19/h2-3,5-6,8,10-14H,4,7,9,15-16H2,1H3/b17-13+. The van der Waals surface area contributed by atoms with Crippen LogP contribution in [0.3, 0.4) is 0 Å². The molecule has 1 aliphatic carbocycles. The second-order valence-electron chi connectivity index (χ2n) is 6.93. The lowest BCUT2D eigenvalue weighted by molar-refractivity contribution is -0.139. The molecule has 4 heteroatoms. The van der Waals surface area contributed by atoms with E-state index in [9.17, 15) is 4.79 Å². The monoisotopic (exact) mass is 373 g/mol. The molecule has 0 atom stereocenters. The Bertz CT molecular complexity index is 1040. The number of pyridine rings is 1. The lowest BCUT2D eigenvalue weighted by Crippen LogP contribution is -2.07. The van der Waals surface area contributed by atoms with Gasteiger partial charge in [-0.15, -0.1) is 0 Å². The largest absolute Gasteiger partial charge is 0.487 e. The Balaban J connectivity index is 1.54. The number of ether oxygens (including phenoxy) is 2. The zero-order chi connectivity index (χ0) is 19.3. The molecule has 1 aromatic heterocycles. The predicted molar refractivity (Wildman–Crippen MR) is 110 cm³/mol. The number of aromatic nitrogens is 1. The Hall–Kier alpha value is -3.14. The zero-order valence-corrected chi connectivity index (χ0v) is 16.0. The van der Waals surface area contributed by atoms with Crippen LogP contribution in [0.1, 0.15) is 36.1 Å². The van der Waals surface area contributed by atoms with Gasteiger partial charge in [-0.25, -0.2) is 4.98 Å². The fraction of sp³-hybridized carbons (Fsp3) is 0.250. The van der Waals surface area contributed by atoms with Crippen molar-refractivity contribution in [3.05, 3.63) is 77.5 Å². The summed E-state index contributed by atoms with van der Waals surface area (Å²) in [5.74, 6) is 0.686. The molecule has 0 radical (unpaired) electrons. The van der Waals surface area contributed by atoms with Crippen LogP contribution in [-0.4, -0.2) is 18.1 Å². The van der Waals surface area contributed by atoms with Gasteiger partial charge in [-0.05, 0) is 48.6 Å². The van der Waals surface area contributed by atoms with Crippen LogP contribution in [0.2, 0.25) is 0 Å². The molecule has 0 bridgehead atoms. The molecule has 0 spiro atoms. The fourth-order valence-corrected chi connectivity index (χ4v) is 3.69. The van der Waals surface area contributed by atoms with Gasteiger partial charge in [-0.3, -0.25) is 4.79 Å². The van der Waals surface area contributed by atoms with Crippen molar-refractivity contribution in [1.29, 1.82) is 0 Å². The SMILES string of the molecule is COC(=O)C/C=C1\CCCc2c(OCc3ccc4ccccc4n3)cccc21. The number of methoxy groups -OCH3 is 1. The molecule has 1 heterocycles. The van der Waals surface area contributed by atoms with Crippen molar-refractivity contribution in [1.82, 2.24) is 4.98 Å². The van der Waals surface area contributed by atoms with Crippen LogP contribution >= 0.6 is 0 Å². The highest BCUT2D eigenvalue weighted by Crippen LogP contribution is 2.36. The number of carbonyl (C=O) groups is 1. The van der Waals surface area contributed by atoms with Gasteiger partial charge in [0.05, 0.1) is 24.7 Å². The van der Waals surface area contributed by atoms with E-state index in [-0.39, 0.29) is 5.97 Å². The summed E-state index contributed by atoms with van der Waals surface area (Å²) in [5.41, 5.74) is 5.48. The summed E-state index contributed by atoms with van der Waals surface area (Å²) in [6.07, 6.45) is 5.29. The molecule has 0 fully saturated rings. The quantitative estimate of drug-likeness (QED) is 0.584. The number of rotatable bonds is 5. The number of hydrogen-bond donors (Lipinski definition) is 0. The molecule has 28 heavy (non-hydrogen) atoms. The van der Waals surface area contributed by atoms with Crippen LogP contribution in [-0.2, 0) is 22.6 Å². The lowest BCUT2D eigenvalue weighted by atomic mass is 9.86. The topological polar surface area (TPSA) is 48.4 Å². The minimum Gasteiger partial charge on any atom is -0.487 e. The van der Waals surface area contributed by atoms with E-state index in [1.807, 2.05) is 42.5 Å². The zero-order valence-electron chi connectivity index (χ0n) is 16.0. The maximum atomic E-state index is 11.5. The van der Waals surface area contributed by atoms with Crippen LogP contribution in [0.4, 0.5) is 0 Å². The van der Waals surface area contributed by atoms with Gasteiger partial charge in [0.25, 0.3) is 0 Å². The van der Waals surface area contributed by atoms with Crippen molar-refractivity contribution >= 4 is 22.4 Å². The molecule has 0 aliphatic heterocycles. The number of carbonyl (C=O) groups excluding carboxylic acids is 1.